The Morgan fingerprint density at radius 3 is 2.17 bits per heavy atom. The Morgan fingerprint density at radius 1 is 0.958 bits per heavy atom. The molecule has 0 unspecified atom stereocenters. The lowest BCUT2D eigenvalue weighted by molar-refractivity contribution is 0.0691. The van der Waals surface area contributed by atoms with Gasteiger partial charge in [-0.25, -0.2) is 9.78 Å². The van der Waals surface area contributed by atoms with Gasteiger partial charge in [0.05, 0.1) is 5.02 Å². The lowest BCUT2D eigenvalue weighted by atomic mass is 10.2. The van der Waals surface area contributed by atoms with Gasteiger partial charge in [0.15, 0.2) is 5.69 Å². The van der Waals surface area contributed by atoms with Gasteiger partial charge in [0.25, 0.3) is 0 Å². The standard InChI is InChI=1S/C16H8Cl4N2O2/c17-8-1-4-10(5-2-8)22-14(20)13(16(23)24)21-15(22)11-6-3-9(18)7-12(11)19/h1-7H,(H,23,24). The molecule has 0 saturated carbocycles. The van der Waals surface area contributed by atoms with E-state index < -0.39 is 5.97 Å². The van der Waals surface area contributed by atoms with Crippen molar-refractivity contribution in [1.82, 2.24) is 9.55 Å². The molecule has 0 saturated heterocycles. The molecule has 4 nitrogen and oxygen atoms in total. The van der Waals surface area contributed by atoms with Crippen LogP contribution < -0.4 is 0 Å². The lowest BCUT2D eigenvalue weighted by Gasteiger charge is -2.10. The third kappa shape index (κ3) is 3.10. The predicted octanol–water partition coefficient (Wildman–Crippen LogP) is 5.85. The van der Waals surface area contributed by atoms with Gasteiger partial charge in [0.2, 0.25) is 0 Å². The maximum atomic E-state index is 11.4. The number of carboxylic acid groups (broad SMARTS) is 1. The van der Waals surface area contributed by atoms with Crippen LogP contribution in [0.25, 0.3) is 17.1 Å². The molecule has 1 aromatic heterocycles. The molecule has 3 rings (SSSR count). The Hall–Kier alpha value is -1.72. The van der Waals surface area contributed by atoms with Crippen LogP contribution in [0.15, 0.2) is 42.5 Å². The number of halogens is 4. The van der Waals surface area contributed by atoms with Crippen LogP contribution in [0, 0.1) is 0 Å². The fraction of sp³-hybridized carbons (Fsp3) is 0. The normalized spacial score (nSPS) is 10.8. The van der Waals surface area contributed by atoms with Crippen LogP contribution in [0.4, 0.5) is 0 Å². The molecule has 0 radical (unpaired) electrons. The van der Waals surface area contributed by atoms with Crippen LogP contribution >= 0.6 is 46.4 Å². The Bertz CT molecular complexity index is 936. The fourth-order valence-corrected chi connectivity index (χ4v) is 3.13. The maximum Gasteiger partial charge on any atom is 0.357 e. The van der Waals surface area contributed by atoms with E-state index in [1.165, 1.54) is 4.57 Å². The van der Waals surface area contributed by atoms with Gasteiger partial charge in [-0.2, -0.15) is 0 Å². The average Bonchev–Trinajstić information content (AvgIpc) is 2.86. The second-order valence-corrected chi connectivity index (χ2v) is 6.45. The average molecular weight is 402 g/mol. The zero-order valence-electron chi connectivity index (χ0n) is 11.8. The van der Waals surface area contributed by atoms with E-state index in [9.17, 15) is 9.90 Å². The Morgan fingerprint density at radius 2 is 1.58 bits per heavy atom. The number of imidazole rings is 1. The van der Waals surface area contributed by atoms with Gasteiger partial charge in [0.1, 0.15) is 11.0 Å². The molecule has 0 atom stereocenters. The summed E-state index contributed by atoms with van der Waals surface area (Å²) in [5.74, 6) is -0.944. The molecule has 122 valence electrons. The third-order valence-corrected chi connectivity index (χ3v) is 4.43. The number of hydrogen-bond acceptors (Lipinski definition) is 2. The van der Waals surface area contributed by atoms with E-state index in [-0.39, 0.29) is 10.8 Å². The van der Waals surface area contributed by atoms with E-state index in [4.69, 9.17) is 46.4 Å². The molecular weight excluding hydrogens is 394 g/mol. The number of aromatic carboxylic acids is 1. The van der Waals surface area contributed by atoms with Crippen molar-refractivity contribution in [2.75, 3.05) is 0 Å². The zero-order chi connectivity index (χ0) is 17.4. The number of nitrogens with zero attached hydrogens (tertiary/aromatic N) is 2. The summed E-state index contributed by atoms with van der Waals surface area (Å²) in [6.45, 7) is 0. The minimum atomic E-state index is -1.24. The molecule has 0 fully saturated rings. The summed E-state index contributed by atoms with van der Waals surface area (Å²) >= 11 is 24.3. The summed E-state index contributed by atoms with van der Waals surface area (Å²) < 4.78 is 1.50. The molecule has 0 aliphatic carbocycles. The summed E-state index contributed by atoms with van der Waals surface area (Å²) in [6, 6.07) is 11.6. The number of hydrogen-bond donors (Lipinski definition) is 1. The van der Waals surface area contributed by atoms with Crippen LogP contribution in [0.5, 0.6) is 0 Å². The van der Waals surface area contributed by atoms with Crippen LogP contribution in [-0.2, 0) is 0 Å². The molecule has 1 heterocycles. The van der Waals surface area contributed by atoms with Crippen molar-refractivity contribution in [2.24, 2.45) is 0 Å². The summed E-state index contributed by atoms with van der Waals surface area (Å²) in [5, 5.41) is 10.6. The third-order valence-electron chi connectivity index (χ3n) is 3.28. The first-order valence-electron chi connectivity index (χ1n) is 6.61. The first-order chi connectivity index (χ1) is 11.4. The van der Waals surface area contributed by atoms with Gasteiger partial charge in [-0.1, -0.05) is 46.4 Å². The highest BCUT2D eigenvalue weighted by Gasteiger charge is 2.24. The van der Waals surface area contributed by atoms with E-state index in [1.807, 2.05) is 0 Å². The highest BCUT2D eigenvalue weighted by molar-refractivity contribution is 6.36. The van der Waals surface area contributed by atoms with Gasteiger partial charge in [-0.3, -0.25) is 4.57 Å². The van der Waals surface area contributed by atoms with Gasteiger partial charge >= 0.3 is 5.97 Å². The molecule has 0 aliphatic heterocycles. The predicted molar refractivity (Wildman–Crippen MR) is 96.0 cm³/mol. The highest BCUT2D eigenvalue weighted by Crippen LogP contribution is 2.35. The van der Waals surface area contributed by atoms with Crippen LogP contribution in [0.2, 0.25) is 20.2 Å². The first kappa shape index (κ1) is 17.1. The molecule has 0 bridgehead atoms. The molecule has 0 spiro atoms. The van der Waals surface area contributed by atoms with E-state index >= 15 is 0 Å². The largest absolute Gasteiger partial charge is 0.476 e. The van der Waals surface area contributed by atoms with Crippen LogP contribution in [0.3, 0.4) is 0 Å². The molecule has 1 N–H and O–H groups in total. The van der Waals surface area contributed by atoms with Gasteiger partial charge in [0, 0.05) is 21.3 Å². The molecule has 0 amide bonds. The van der Waals surface area contributed by atoms with E-state index in [0.717, 1.165) is 0 Å². The van der Waals surface area contributed by atoms with Crippen molar-refractivity contribution in [3.05, 3.63) is 68.4 Å². The van der Waals surface area contributed by atoms with Gasteiger partial charge < -0.3 is 5.11 Å². The smallest absolute Gasteiger partial charge is 0.357 e. The summed E-state index contributed by atoms with van der Waals surface area (Å²) in [7, 11) is 0. The van der Waals surface area contributed by atoms with Crippen molar-refractivity contribution >= 4 is 52.4 Å². The summed E-state index contributed by atoms with van der Waals surface area (Å²) in [4.78, 5) is 15.5. The van der Waals surface area contributed by atoms with E-state index in [2.05, 4.69) is 4.98 Å². The van der Waals surface area contributed by atoms with Crippen LogP contribution in [0.1, 0.15) is 10.5 Å². The van der Waals surface area contributed by atoms with Crippen molar-refractivity contribution < 1.29 is 9.90 Å². The second-order valence-electron chi connectivity index (χ2n) is 4.82. The Labute approximate surface area is 157 Å². The highest BCUT2D eigenvalue weighted by atomic mass is 35.5. The van der Waals surface area contributed by atoms with Gasteiger partial charge in [-0.15, -0.1) is 0 Å². The Kier molecular flexibility index (Phi) is 4.74. The minimum Gasteiger partial charge on any atom is -0.476 e. The number of aromatic nitrogens is 2. The SMILES string of the molecule is O=C(O)c1nc(-c2ccc(Cl)cc2Cl)n(-c2ccc(Cl)cc2)c1Cl. The summed E-state index contributed by atoms with van der Waals surface area (Å²) in [6.07, 6.45) is 0. The number of carbonyl (C=O) groups is 1. The van der Waals surface area contributed by atoms with E-state index in [0.29, 0.717) is 32.1 Å². The maximum absolute atomic E-state index is 11.4. The van der Waals surface area contributed by atoms with E-state index in [1.54, 1.807) is 42.5 Å². The van der Waals surface area contributed by atoms with Gasteiger partial charge in [-0.05, 0) is 42.5 Å². The van der Waals surface area contributed by atoms with Crippen molar-refractivity contribution in [2.45, 2.75) is 0 Å². The molecule has 0 aliphatic rings. The number of benzene rings is 2. The van der Waals surface area contributed by atoms with Crippen LogP contribution in [-0.4, -0.2) is 20.6 Å². The fourth-order valence-electron chi connectivity index (χ4n) is 2.21. The lowest BCUT2D eigenvalue weighted by Crippen LogP contribution is -1.99. The van der Waals surface area contributed by atoms with Crippen molar-refractivity contribution in [3.63, 3.8) is 0 Å². The number of carboxylic acids is 1. The quantitative estimate of drug-likeness (QED) is 0.598. The topological polar surface area (TPSA) is 55.1 Å². The monoisotopic (exact) mass is 400 g/mol. The zero-order valence-corrected chi connectivity index (χ0v) is 14.8. The molecule has 3 aromatic rings. The molecule has 8 heteroatoms. The molecule has 24 heavy (non-hydrogen) atoms. The number of rotatable bonds is 3. The van der Waals surface area contributed by atoms with Crippen molar-refractivity contribution in [3.8, 4) is 17.1 Å². The van der Waals surface area contributed by atoms with Crippen molar-refractivity contribution in [1.29, 1.82) is 0 Å². The summed E-state index contributed by atoms with van der Waals surface area (Å²) in [5.41, 5.74) is 0.837. The minimum absolute atomic E-state index is 0.0363. The second kappa shape index (κ2) is 6.65. The first-order valence-corrected chi connectivity index (χ1v) is 8.12. The Balaban J connectivity index is 2.30. The molecular formula is C16H8Cl4N2O2. The molecule has 2 aromatic carbocycles.